The molecule has 1 rings (SSSR count). The van der Waals surface area contributed by atoms with Crippen molar-refractivity contribution in [2.75, 3.05) is 13.1 Å². The Kier molecular flexibility index (Phi) is 14.8. The summed E-state index contributed by atoms with van der Waals surface area (Å²) in [7, 11) is 0. The third-order valence-electron chi connectivity index (χ3n) is 2.14. The maximum Gasteiger partial charge on any atom is 0.143 e. The van der Waals surface area contributed by atoms with Crippen LogP contribution < -0.4 is 0 Å². The summed E-state index contributed by atoms with van der Waals surface area (Å²) in [6.45, 7) is 14.0. The van der Waals surface area contributed by atoms with Crippen LogP contribution in [0.25, 0.3) is 0 Å². The van der Waals surface area contributed by atoms with Crippen molar-refractivity contribution in [1.82, 2.24) is 4.90 Å². The van der Waals surface area contributed by atoms with Gasteiger partial charge in [-0.3, -0.25) is 9.69 Å². The van der Waals surface area contributed by atoms with Gasteiger partial charge in [-0.1, -0.05) is 65.0 Å². The zero-order valence-corrected chi connectivity index (χ0v) is 12.9. The molecule has 0 amide bonds. The third kappa shape index (κ3) is 10.0. The van der Waals surface area contributed by atoms with Crippen LogP contribution in [0.2, 0.25) is 0 Å². The van der Waals surface area contributed by atoms with E-state index in [1.165, 1.54) is 5.56 Å². The van der Waals surface area contributed by atoms with Crippen LogP contribution in [0.1, 0.15) is 47.1 Å². The number of Topliss-reactive ketones (excluding diaryl/α,β-unsaturated/α-hetero) is 1. The predicted molar refractivity (Wildman–Crippen MR) is 80.8 cm³/mol. The minimum atomic E-state index is 0.225. The molecule has 2 heteroatoms. The molecule has 0 saturated carbocycles. The molecule has 0 unspecified atom stereocenters. The molecule has 0 aliphatic rings. The van der Waals surface area contributed by atoms with Gasteiger partial charge in [-0.25, -0.2) is 0 Å². The van der Waals surface area contributed by atoms with E-state index in [2.05, 4.69) is 24.0 Å². The van der Waals surface area contributed by atoms with Gasteiger partial charge < -0.3 is 0 Å². The minimum absolute atomic E-state index is 0.225. The number of carbonyl (C=O) groups is 1. The first-order chi connectivity index (χ1) is 8.72. The lowest BCUT2D eigenvalue weighted by Gasteiger charge is -2.18. The molecular weight excluding hydrogens is 222 g/mol. The number of ketones is 1. The molecule has 104 valence electrons. The summed E-state index contributed by atoms with van der Waals surface area (Å²) in [4.78, 5) is 13.1. The molecule has 0 radical (unpaired) electrons. The summed E-state index contributed by atoms with van der Waals surface area (Å²) in [5.74, 6) is 0.225. The van der Waals surface area contributed by atoms with Gasteiger partial charge in [0.15, 0.2) is 0 Å². The molecule has 0 atom stereocenters. The summed E-state index contributed by atoms with van der Waals surface area (Å²) >= 11 is 0. The van der Waals surface area contributed by atoms with Crippen LogP contribution >= 0.6 is 0 Å². The van der Waals surface area contributed by atoms with Gasteiger partial charge in [0.2, 0.25) is 0 Å². The highest BCUT2D eigenvalue weighted by atomic mass is 16.1. The number of rotatable bonds is 5. The van der Waals surface area contributed by atoms with Gasteiger partial charge in [0, 0.05) is 6.54 Å². The van der Waals surface area contributed by atoms with Crippen LogP contribution in [0.15, 0.2) is 30.3 Å². The Morgan fingerprint density at radius 1 is 1.06 bits per heavy atom. The molecule has 0 spiro atoms. The second kappa shape index (κ2) is 13.9. The molecule has 0 aliphatic carbocycles. The first-order valence-electron chi connectivity index (χ1n) is 6.98. The van der Waals surface area contributed by atoms with Gasteiger partial charge in [-0.05, 0) is 19.0 Å². The zero-order chi connectivity index (χ0) is 14.4. The normalized spacial score (nSPS) is 8.83. The summed E-state index contributed by atoms with van der Waals surface area (Å²) in [6, 6.07) is 10.2. The fraction of sp³-hybridized carbons (Fsp3) is 0.562. The number of nitrogens with zero attached hydrogens (tertiary/aromatic N) is 1. The van der Waals surface area contributed by atoms with Gasteiger partial charge in [0.1, 0.15) is 5.78 Å². The van der Waals surface area contributed by atoms with E-state index in [1.54, 1.807) is 6.92 Å². The predicted octanol–water partition coefficient (Wildman–Crippen LogP) is 4.15. The van der Waals surface area contributed by atoms with Gasteiger partial charge in [-0.2, -0.15) is 0 Å². The van der Waals surface area contributed by atoms with Crippen LogP contribution in [0.5, 0.6) is 0 Å². The average Bonchev–Trinajstić information content (AvgIpc) is 2.43. The van der Waals surface area contributed by atoms with Crippen molar-refractivity contribution in [3.63, 3.8) is 0 Å². The Morgan fingerprint density at radius 2 is 1.56 bits per heavy atom. The van der Waals surface area contributed by atoms with Crippen LogP contribution in [0, 0.1) is 0 Å². The van der Waals surface area contributed by atoms with Crippen molar-refractivity contribution in [2.45, 2.75) is 48.1 Å². The maximum atomic E-state index is 11.0. The van der Waals surface area contributed by atoms with E-state index < -0.39 is 0 Å². The van der Waals surface area contributed by atoms with Crippen molar-refractivity contribution < 1.29 is 4.79 Å². The second-order valence-corrected chi connectivity index (χ2v) is 3.49. The van der Waals surface area contributed by atoms with Crippen molar-refractivity contribution >= 4 is 5.78 Å². The number of hydrogen-bond donors (Lipinski definition) is 0. The molecule has 0 bridgehead atoms. The fourth-order valence-electron chi connectivity index (χ4n) is 1.44. The van der Waals surface area contributed by atoms with Crippen molar-refractivity contribution in [3.8, 4) is 0 Å². The molecular formula is C16H29NO. The SMILES string of the molecule is CC.CC.CCN(CC(C)=O)Cc1ccccc1. The van der Waals surface area contributed by atoms with E-state index in [1.807, 2.05) is 45.9 Å². The van der Waals surface area contributed by atoms with E-state index in [4.69, 9.17) is 0 Å². The third-order valence-corrected chi connectivity index (χ3v) is 2.14. The van der Waals surface area contributed by atoms with E-state index in [0.717, 1.165) is 13.1 Å². The Hall–Kier alpha value is -1.15. The number of benzene rings is 1. The molecule has 1 aromatic rings. The highest BCUT2D eigenvalue weighted by molar-refractivity contribution is 5.77. The Balaban J connectivity index is 0. The monoisotopic (exact) mass is 251 g/mol. The standard InChI is InChI=1S/C12H17NO.2C2H6/c1-3-13(9-11(2)14)10-12-7-5-4-6-8-12;2*1-2/h4-8H,3,9-10H2,1-2H3;2*1-2H3. The maximum absolute atomic E-state index is 11.0. The first kappa shape index (κ1) is 19.2. The highest BCUT2D eigenvalue weighted by Gasteiger charge is 2.05. The molecule has 0 aromatic heterocycles. The molecule has 18 heavy (non-hydrogen) atoms. The van der Waals surface area contributed by atoms with Crippen molar-refractivity contribution in [2.24, 2.45) is 0 Å². The summed E-state index contributed by atoms with van der Waals surface area (Å²) in [6.07, 6.45) is 0. The highest BCUT2D eigenvalue weighted by Crippen LogP contribution is 2.03. The molecule has 0 fully saturated rings. The second-order valence-electron chi connectivity index (χ2n) is 3.49. The summed E-state index contributed by atoms with van der Waals surface area (Å²) < 4.78 is 0. The summed E-state index contributed by atoms with van der Waals surface area (Å²) in [5.41, 5.74) is 1.26. The van der Waals surface area contributed by atoms with E-state index >= 15 is 0 Å². The molecule has 2 nitrogen and oxygen atoms in total. The number of hydrogen-bond acceptors (Lipinski definition) is 2. The molecule has 0 heterocycles. The molecule has 0 aliphatic heterocycles. The Morgan fingerprint density at radius 3 is 1.94 bits per heavy atom. The zero-order valence-electron chi connectivity index (χ0n) is 12.9. The molecule has 1 aromatic carbocycles. The van der Waals surface area contributed by atoms with E-state index in [-0.39, 0.29) is 5.78 Å². The quantitative estimate of drug-likeness (QED) is 0.783. The number of carbonyl (C=O) groups excluding carboxylic acids is 1. The van der Waals surface area contributed by atoms with E-state index in [9.17, 15) is 4.79 Å². The van der Waals surface area contributed by atoms with Crippen LogP contribution in [0.4, 0.5) is 0 Å². The average molecular weight is 251 g/mol. The summed E-state index contributed by atoms with van der Waals surface area (Å²) in [5, 5.41) is 0. The topological polar surface area (TPSA) is 20.3 Å². The van der Waals surface area contributed by atoms with Gasteiger partial charge in [-0.15, -0.1) is 0 Å². The smallest absolute Gasteiger partial charge is 0.143 e. The van der Waals surface area contributed by atoms with Gasteiger partial charge >= 0.3 is 0 Å². The van der Waals surface area contributed by atoms with Gasteiger partial charge in [0.25, 0.3) is 0 Å². The lowest BCUT2D eigenvalue weighted by molar-refractivity contribution is -0.118. The molecule has 0 N–H and O–H groups in total. The van der Waals surface area contributed by atoms with Crippen molar-refractivity contribution in [3.05, 3.63) is 35.9 Å². The van der Waals surface area contributed by atoms with Crippen LogP contribution in [0.3, 0.4) is 0 Å². The first-order valence-corrected chi connectivity index (χ1v) is 6.98. The lowest BCUT2D eigenvalue weighted by atomic mass is 10.2. The van der Waals surface area contributed by atoms with Crippen LogP contribution in [-0.4, -0.2) is 23.8 Å². The van der Waals surface area contributed by atoms with Crippen molar-refractivity contribution in [1.29, 1.82) is 0 Å². The van der Waals surface area contributed by atoms with E-state index in [0.29, 0.717) is 6.54 Å². The molecule has 0 saturated heterocycles. The fourth-order valence-corrected chi connectivity index (χ4v) is 1.44. The Labute approximate surface area is 113 Å². The van der Waals surface area contributed by atoms with Crippen LogP contribution in [-0.2, 0) is 11.3 Å². The Bertz CT molecular complexity index is 282. The lowest BCUT2D eigenvalue weighted by Crippen LogP contribution is -2.27. The number of likely N-dealkylation sites (N-methyl/N-ethyl adjacent to an activating group) is 1. The van der Waals surface area contributed by atoms with Gasteiger partial charge in [0.05, 0.1) is 6.54 Å². The minimum Gasteiger partial charge on any atom is -0.299 e. The largest absolute Gasteiger partial charge is 0.299 e.